The van der Waals surface area contributed by atoms with E-state index in [2.05, 4.69) is 4.98 Å². The van der Waals surface area contributed by atoms with Crippen molar-refractivity contribution in [3.63, 3.8) is 0 Å². The fourth-order valence-electron chi connectivity index (χ4n) is 1.96. The average Bonchev–Trinajstić information content (AvgIpc) is 2.39. The lowest BCUT2D eigenvalue weighted by atomic mass is 10.1. The molecule has 1 rings (SSSR count). The molecule has 0 aromatic carbocycles. The number of ketones is 1. The van der Waals surface area contributed by atoms with Gasteiger partial charge in [0.25, 0.3) is 0 Å². The fraction of sp³-hybridized carbons (Fsp3) is 0.600. The van der Waals surface area contributed by atoms with Crippen LogP contribution in [0.3, 0.4) is 0 Å². The third kappa shape index (κ3) is 4.63. The molecule has 1 aromatic heterocycles. The van der Waals surface area contributed by atoms with E-state index in [0.717, 1.165) is 29.0 Å². The number of rotatable bonds is 8. The Labute approximate surface area is 115 Å². The van der Waals surface area contributed by atoms with Crippen molar-refractivity contribution in [1.82, 2.24) is 4.98 Å². The molecule has 0 amide bonds. The monoisotopic (exact) mass is 265 g/mol. The van der Waals surface area contributed by atoms with Gasteiger partial charge in [-0.3, -0.25) is 9.78 Å². The van der Waals surface area contributed by atoms with E-state index in [4.69, 9.17) is 9.47 Å². The minimum absolute atomic E-state index is 0.151. The number of carbonyl (C=O) groups excluding carboxylic acids is 1. The Balaban J connectivity index is 2.59. The maximum absolute atomic E-state index is 11.9. The van der Waals surface area contributed by atoms with Gasteiger partial charge in [-0.05, 0) is 20.3 Å². The van der Waals surface area contributed by atoms with Gasteiger partial charge in [0.05, 0.1) is 19.4 Å². The number of pyridine rings is 1. The molecule has 0 aliphatic carbocycles. The highest BCUT2D eigenvalue weighted by Crippen LogP contribution is 2.24. The largest absolute Gasteiger partial charge is 0.496 e. The second kappa shape index (κ2) is 7.89. The van der Waals surface area contributed by atoms with Gasteiger partial charge in [-0.15, -0.1) is 0 Å². The zero-order chi connectivity index (χ0) is 14.3. The fourth-order valence-corrected chi connectivity index (χ4v) is 1.96. The van der Waals surface area contributed by atoms with Gasteiger partial charge in [0.1, 0.15) is 11.5 Å². The summed E-state index contributed by atoms with van der Waals surface area (Å²) in [5.74, 6) is 0.970. The molecule has 0 fully saturated rings. The number of carbonyl (C=O) groups is 1. The van der Waals surface area contributed by atoms with Gasteiger partial charge < -0.3 is 9.47 Å². The summed E-state index contributed by atoms with van der Waals surface area (Å²) in [6.07, 6.45) is 3.52. The third-order valence-electron chi connectivity index (χ3n) is 2.99. The molecular weight excluding hydrogens is 242 g/mol. The van der Waals surface area contributed by atoms with Crippen molar-refractivity contribution in [2.45, 2.75) is 40.0 Å². The van der Waals surface area contributed by atoms with E-state index in [1.807, 2.05) is 20.8 Å². The van der Waals surface area contributed by atoms with E-state index in [9.17, 15) is 4.79 Å². The number of hydrogen-bond donors (Lipinski definition) is 0. The van der Waals surface area contributed by atoms with Crippen molar-refractivity contribution in [3.05, 3.63) is 23.0 Å². The molecule has 4 nitrogen and oxygen atoms in total. The van der Waals surface area contributed by atoms with Crippen LogP contribution in [0.15, 0.2) is 6.20 Å². The Morgan fingerprint density at radius 2 is 2.05 bits per heavy atom. The number of ether oxygens (including phenoxy) is 2. The van der Waals surface area contributed by atoms with Crippen LogP contribution in [0.2, 0.25) is 0 Å². The highest BCUT2D eigenvalue weighted by molar-refractivity contribution is 5.81. The summed E-state index contributed by atoms with van der Waals surface area (Å²) in [7, 11) is 1.64. The van der Waals surface area contributed by atoms with Gasteiger partial charge in [0, 0.05) is 36.8 Å². The van der Waals surface area contributed by atoms with Crippen LogP contribution in [0.25, 0.3) is 0 Å². The first kappa shape index (κ1) is 15.6. The summed E-state index contributed by atoms with van der Waals surface area (Å²) >= 11 is 0. The van der Waals surface area contributed by atoms with Crippen molar-refractivity contribution in [3.8, 4) is 5.75 Å². The SMILES string of the molecule is CCCOCCC(=O)Cc1ncc(C)c(OC)c1C. The Hall–Kier alpha value is -1.42. The predicted molar refractivity (Wildman–Crippen MR) is 74.7 cm³/mol. The van der Waals surface area contributed by atoms with Crippen LogP contribution in [0.1, 0.15) is 36.6 Å². The van der Waals surface area contributed by atoms with E-state index in [-0.39, 0.29) is 5.78 Å². The topological polar surface area (TPSA) is 48.4 Å². The molecular formula is C15H23NO3. The van der Waals surface area contributed by atoms with Gasteiger partial charge in [-0.25, -0.2) is 0 Å². The molecule has 0 bridgehead atoms. The molecule has 0 spiro atoms. The second-order valence-corrected chi connectivity index (χ2v) is 4.62. The smallest absolute Gasteiger partial charge is 0.141 e. The first-order valence-corrected chi connectivity index (χ1v) is 6.68. The molecule has 19 heavy (non-hydrogen) atoms. The van der Waals surface area contributed by atoms with Gasteiger partial charge in [0.2, 0.25) is 0 Å². The Morgan fingerprint density at radius 1 is 1.32 bits per heavy atom. The van der Waals surface area contributed by atoms with Crippen molar-refractivity contribution in [2.75, 3.05) is 20.3 Å². The molecule has 106 valence electrons. The highest BCUT2D eigenvalue weighted by Gasteiger charge is 2.12. The number of Topliss-reactive ketones (excluding diaryl/α,β-unsaturated/α-hetero) is 1. The van der Waals surface area contributed by atoms with Crippen LogP contribution < -0.4 is 4.74 Å². The van der Waals surface area contributed by atoms with Gasteiger partial charge in [-0.1, -0.05) is 6.92 Å². The molecule has 0 radical (unpaired) electrons. The summed E-state index contributed by atoms with van der Waals surface area (Å²) in [5.41, 5.74) is 2.73. The first-order chi connectivity index (χ1) is 9.10. The molecule has 1 heterocycles. The average molecular weight is 265 g/mol. The number of aromatic nitrogens is 1. The summed E-state index contributed by atoms with van der Waals surface area (Å²) < 4.78 is 10.7. The number of methoxy groups -OCH3 is 1. The second-order valence-electron chi connectivity index (χ2n) is 4.62. The molecule has 0 aliphatic heterocycles. The summed E-state index contributed by atoms with van der Waals surface area (Å²) in [4.78, 5) is 16.2. The number of aryl methyl sites for hydroxylation is 1. The van der Waals surface area contributed by atoms with Gasteiger partial charge in [0.15, 0.2) is 0 Å². The quantitative estimate of drug-likeness (QED) is 0.678. The maximum Gasteiger partial charge on any atom is 0.141 e. The van der Waals surface area contributed by atoms with Crippen LogP contribution in [0, 0.1) is 13.8 Å². The Morgan fingerprint density at radius 3 is 2.68 bits per heavy atom. The number of hydrogen-bond acceptors (Lipinski definition) is 4. The summed E-state index contributed by atoms with van der Waals surface area (Å²) in [5, 5.41) is 0. The Kier molecular flexibility index (Phi) is 6.50. The van der Waals surface area contributed by atoms with Crippen LogP contribution in [0.4, 0.5) is 0 Å². The van der Waals surface area contributed by atoms with Crippen molar-refractivity contribution in [2.24, 2.45) is 0 Å². The van der Waals surface area contributed by atoms with Gasteiger partial charge >= 0.3 is 0 Å². The molecule has 0 unspecified atom stereocenters. The molecule has 0 saturated carbocycles. The van der Waals surface area contributed by atoms with Crippen molar-refractivity contribution < 1.29 is 14.3 Å². The van der Waals surface area contributed by atoms with Gasteiger partial charge in [-0.2, -0.15) is 0 Å². The van der Waals surface area contributed by atoms with E-state index in [1.165, 1.54) is 0 Å². The zero-order valence-corrected chi connectivity index (χ0v) is 12.3. The van der Waals surface area contributed by atoms with Crippen LogP contribution in [-0.4, -0.2) is 31.1 Å². The lowest BCUT2D eigenvalue weighted by Gasteiger charge is -2.11. The molecule has 0 atom stereocenters. The van der Waals surface area contributed by atoms with Crippen LogP contribution >= 0.6 is 0 Å². The highest BCUT2D eigenvalue weighted by atomic mass is 16.5. The normalized spacial score (nSPS) is 10.5. The van der Waals surface area contributed by atoms with E-state index < -0.39 is 0 Å². The predicted octanol–water partition coefficient (Wildman–Crippen LogP) is 2.64. The van der Waals surface area contributed by atoms with Crippen molar-refractivity contribution >= 4 is 5.78 Å². The first-order valence-electron chi connectivity index (χ1n) is 6.68. The van der Waals surface area contributed by atoms with E-state index in [1.54, 1.807) is 13.3 Å². The van der Waals surface area contributed by atoms with Crippen LogP contribution in [-0.2, 0) is 16.0 Å². The lowest BCUT2D eigenvalue weighted by molar-refractivity contribution is -0.119. The maximum atomic E-state index is 11.9. The van der Waals surface area contributed by atoms with E-state index in [0.29, 0.717) is 26.1 Å². The summed E-state index contributed by atoms with van der Waals surface area (Å²) in [6, 6.07) is 0. The number of nitrogens with zero attached hydrogens (tertiary/aromatic N) is 1. The standard InChI is InChI=1S/C15H23NO3/c1-5-7-19-8-6-13(17)9-14-12(3)15(18-4)11(2)10-16-14/h10H,5-9H2,1-4H3. The molecule has 0 aliphatic rings. The molecule has 4 heteroatoms. The minimum Gasteiger partial charge on any atom is -0.496 e. The third-order valence-corrected chi connectivity index (χ3v) is 2.99. The molecule has 1 aromatic rings. The molecule has 0 saturated heterocycles. The minimum atomic E-state index is 0.151. The van der Waals surface area contributed by atoms with E-state index >= 15 is 0 Å². The summed E-state index contributed by atoms with van der Waals surface area (Å²) in [6.45, 7) is 7.14. The molecule has 0 N–H and O–H groups in total. The van der Waals surface area contributed by atoms with Crippen molar-refractivity contribution in [1.29, 1.82) is 0 Å². The lowest BCUT2D eigenvalue weighted by Crippen LogP contribution is -2.10. The van der Waals surface area contributed by atoms with Crippen LogP contribution in [0.5, 0.6) is 5.75 Å². The zero-order valence-electron chi connectivity index (χ0n) is 12.3. The Bertz CT molecular complexity index is 430.